The molecule has 3 fully saturated rings. The van der Waals surface area contributed by atoms with E-state index in [1.807, 2.05) is 7.11 Å². The molecular formula is C16H30N2O2. The lowest BCUT2D eigenvalue weighted by molar-refractivity contribution is -0.0603. The van der Waals surface area contributed by atoms with Crippen LogP contribution in [0.1, 0.15) is 45.4 Å². The summed E-state index contributed by atoms with van der Waals surface area (Å²) in [5, 5.41) is 13.8. The van der Waals surface area contributed by atoms with E-state index < -0.39 is 0 Å². The molecule has 0 aromatic heterocycles. The van der Waals surface area contributed by atoms with Crippen molar-refractivity contribution in [3.8, 4) is 0 Å². The second-order valence-corrected chi connectivity index (χ2v) is 7.48. The van der Waals surface area contributed by atoms with Gasteiger partial charge in [-0.25, -0.2) is 0 Å². The zero-order chi connectivity index (χ0) is 14.2. The minimum atomic E-state index is -0.0623. The summed E-state index contributed by atoms with van der Waals surface area (Å²) < 4.78 is 5.70. The molecule has 0 radical (unpaired) electrons. The van der Waals surface area contributed by atoms with Crippen molar-refractivity contribution in [1.82, 2.24) is 10.2 Å². The smallest absolute Gasteiger partial charge is 0.0777 e. The van der Waals surface area contributed by atoms with Crippen molar-refractivity contribution >= 4 is 0 Å². The van der Waals surface area contributed by atoms with Crippen molar-refractivity contribution in [2.24, 2.45) is 5.92 Å². The predicted octanol–water partition coefficient (Wildman–Crippen LogP) is 1.38. The average molecular weight is 282 g/mol. The van der Waals surface area contributed by atoms with E-state index >= 15 is 0 Å². The molecule has 3 rings (SSSR count). The number of piperidine rings is 1. The predicted molar refractivity (Wildman–Crippen MR) is 79.8 cm³/mol. The van der Waals surface area contributed by atoms with E-state index in [9.17, 15) is 5.11 Å². The number of aliphatic hydroxyl groups is 1. The van der Waals surface area contributed by atoms with E-state index in [1.165, 1.54) is 32.1 Å². The van der Waals surface area contributed by atoms with Crippen LogP contribution < -0.4 is 5.32 Å². The van der Waals surface area contributed by atoms with Gasteiger partial charge in [0.15, 0.2) is 0 Å². The van der Waals surface area contributed by atoms with Crippen LogP contribution in [-0.2, 0) is 4.74 Å². The Morgan fingerprint density at radius 1 is 1.35 bits per heavy atom. The molecule has 0 amide bonds. The van der Waals surface area contributed by atoms with Crippen LogP contribution in [0.4, 0.5) is 0 Å². The number of aliphatic hydroxyl groups excluding tert-OH is 1. The van der Waals surface area contributed by atoms with Gasteiger partial charge in [-0.1, -0.05) is 0 Å². The Balaban J connectivity index is 1.65. The molecule has 1 heterocycles. The van der Waals surface area contributed by atoms with Crippen molar-refractivity contribution in [1.29, 1.82) is 0 Å². The quantitative estimate of drug-likeness (QED) is 0.740. The van der Waals surface area contributed by atoms with Gasteiger partial charge in [0.25, 0.3) is 0 Å². The molecule has 2 atom stereocenters. The number of likely N-dealkylation sites (tertiary alicyclic amines) is 1. The normalized spacial score (nSPS) is 35.0. The maximum atomic E-state index is 10.1. The molecule has 1 saturated heterocycles. The average Bonchev–Trinajstić information content (AvgIpc) is 3.30. The molecule has 2 N–H and O–H groups in total. The van der Waals surface area contributed by atoms with Crippen LogP contribution in [0.5, 0.6) is 0 Å². The standard InChI is InChI=1S/C16H30N2O2/c1-15(20-2)8-3-9-18(10-15)11-16(12-19,13-4-5-13)17-14-6-7-14/h13-14,17,19H,3-12H2,1-2H3. The van der Waals surface area contributed by atoms with Crippen LogP contribution in [0.25, 0.3) is 0 Å². The monoisotopic (exact) mass is 282 g/mol. The molecule has 0 aromatic carbocycles. The largest absolute Gasteiger partial charge is 0.394 e. The zero-order valence-corrected chi connectivity index (χ0v) is 13.0. The second kappa shape index (κ2) is 5.56. The van der Waals surface area contributed by atoms with Gasteiger partial charge < -0.3 is 15.2 Å². The van der Waals surface area contributed by atoms with Gasteiger partial charge in [-0.15, -0.1) is 0 Å². The summed E-state index contributed by atoms with van der Waals surface area (Å²) in [6.45, 7) is 5.59. The fourth-order valence-corrected chi connectivity index (χ4v) is 3.80. The van der Waals surface area contributed by atoms with Crippen molar-refractivity contribution < 1.29 is 9.84 Å². The fraction of sp³-hybridized carbons (Fsp3) is 1.00. The summed E-state index contributed by atoms with van der Waals surface area (Å²) in [6, 6.07) is 0.654. The summed E-state index contributed by atoms with van der Waals surface area (Å²) >= 11 is 0. The van der Waals surface area contributed by atoms with E-state index in [4.69, 9.17) is 4.74 Å². The number of methoxy groups -OCH3 is 1. The van der Waals surface area contributed by atoms with Crippen LogP contribution in [0, 0.1) is 5.92 Å². The van der Waals surface area contributed by atoms with Crippen molar-refractivity contribution in [3.05, 3.63) is 0 Å². The Morgan fingerprint density at radius 3 is 2.65 bits per heavy atom. The summed E-state index contributed by atoms with van der Waals surface area (Å²) in [5.74, 6) is 0.670. The van der Waals surface area contributed by atoms with Crippen LogP contribution >= 0.6 is 0 Å². The first-order valence-electron chi connectivity index (χ1n) is 8.25. The van der Waals surface area contributed by atoms with Gasteiger partial charge in [-0.05, 0) is 57.9 Å². The molecule has 2 aliphatic carbocycles. The number of rotatable bonds is 7. The zero-order valence-electron chi connectivity index (χ0n) is 13.0. The molecular weight excluding hydrogens is 252 g/mol. The lowest BCUT2D eigenvalue weighted by Gasteiger charge is -2.44. The highest BCUT2D eigenvalue weighted by Crippen LogP contribution is 2.42. The first kappa shape index (κ1) is 14.8. The minimum Gasteiger partial charge on any atom is -0.394 e. The van der Waals surface area contributed by atoms with E-state index in [0.29, 0.717) is 12.0 Å². The number of hydrogen-bond donors (Lipinski definition) is 2. The van der Waals surface area contributed by atoms with E-state index in [-0.39, 0.29) is 17.7 Å². The molecule has 4 heteroatoms. The van der Waals surface area contributed by atoms with Crippen LogP contribution in [0.15, 0.2) is 0 Å². The van der Waals surface area contributed by atoms with E-state index in [2.05, 4.69) is 17.1 Å². The first-order chi connectivity index (χ1) is 9.59. The maximum absolute atomic E-state index is 10.1. The lowest BCUT2D eigenvalue weighted by atomic mass is 9.89. The highest BCUT2D eigenvalue weighted by atomic mass is 16.5. The Kier molecular flexibility index (Phi) is 4.10. The lowest BCUT2D eigenvalue weighted by Crippen LogP contribution is -2.61. The van der Waals surface area contributed by atoms with Gasteiger partial charge in [0.05, 0.1) is 17.7 Å². The minimum absolute atomic E-state index is 0.0113. The van der Waals surface area contributed by atoms with Crippen LogP contribution in [-0.4, -0.2) is 60.5 Å². The molecule has 3 aliphatic rings. The number of nitrogens with zero attached hydrogens (tertiary/aromatic N) is 1. The van der Waals surface area contributed by atoms with Gasteiger partial charge in [-0.3, -0.25) is 4.90 Å². The maximum Gasteiger partial charge on any atom is 0.0777 e. The van der Waals surface area contributed by atoms with Gasteiger partial charge in [0.2, 0.25) is 0 Å². The van der Waals surface area contributed by atoms with Crippen molar-refractivity contribution in [2.45, 2.75) is 62.6 Å². The highest BCUT2D eigenvalue weighted by Gasteiger charge is 2.49. The molecule has 0 spiro atoms. The van der Waals surface area contributed by atoms with Crippen molar-refractivity contribution in [3.63, 3.8) is 0 Å². The van der Waals surface area contributed by atoms with E-state index in [1.54, 1.807) is 0 Å². The number of hydrogen-bond acceptors (Lipinski definition) is 4. The number of ether oxygens (including phenoxy) is 1. The topological polar surface area (TPSA) is 44.7 Å². The van der Waals surface area contributed by atoms with Crippen LogP contribution in [0.3, 0.4) is 0 Å². The molecule has 4 nitrogen and oxygen atoms in total. The summed E-state index contributed by atoms with van der Waals surface area (Å²) in [4.78, 5) is 2.51. The highest BCUT2D eigenvalue weighted by molar-refractivity contribution is 5.06. The van der Waals surface area contributed by atoms with Crippen LogP contribution in [0.2, 0.25) is 0 Å². The molecule has 20 heavy (non-hydrogen) atoms. The third kappa shape index (κ3) is 3.19. The number of nitrogens with one attached hydrogen (secondary N) is 1. The molecule has 0 bridgehead atoms. The SMILES string of the molecule is COC1(C)CCCN(CC(CO)(NC2CC2)C2CC2)C1. The molecule has 2 saturated carbocycles. The molecule has 2 unspecified atom stereocenters. The molecule has 116 valence electrons. The Hall–Kier alpha value is -0.160. The Labute approximate surface area is 122 Å². The Bertz CT molecular complexity index is 343. The molecule has 0 aromatic rings. The van der Waals surface area contributed by atoms with Gasteiger partial charge in [-0.2, -0.15) is 0 Å². The third-order valence-electron chi connectivity index (χ3n) is 5.45. The fourth-order valence-electron chi connectivity index (χ4n) is 3.80. The van der Waals surface area contributed by atoms with Gasteiger partial charge >= 0.3 is 0 Å². The third-order valence-corrected chi connectivity index (χ3v) is 5.45. The van der Waals surface area contributed by atoms with Gasteiger partial charge in [0, 0.05) is 26.2 Å². The van der Waals surface area contributed by atoms with Crippen molar-refractivity contribution in [2.75, 3.05) is 33.4 Å². The van der Waals surface area contributed by atoms with E-state index in [0.717, 1.165) is 26.1 Å². The Morgan fingerprint density at radius 2 is 2.10 bits per heavy atom. The second-order valence-electron chi connectivity index (χ2n) is 7.48. The summed E-state index contributed by atoms with van der Waals surface area (Å²) in [7, 11) is 1.83. The summed E-state index contributed by atoms with van der Waals surface area (Å²) in [5.41, 5.74) is -0.0737. The summed E-state index contributed by atoms with van der Waals surface area (Å²) in [6.07, 6.45) is 7.45. The van der Waals surface area contributed by atoms with Gasteiger partial charge in [0.1, 0.15) is 0 Å². The first-order valence-corrected chi connectivity index (χ1v) is 8.25. The molecule has 1 aliphatic heterocycles.